The fraction of sp³-hybridized carbons (Fsp3) is 0.583. The van der Waals surface area contributed by atoms with Crippen LogP contribution in [0.3, 0.4) is 0 Å². The largest absolute Gasteiger partial charge is 0.490 e. The number of carbonyl (C=O) groups excluding carboxylic acids is 2. The number of ether oxygens (including phenoxy) is 3. The Hall–Kier alpha value is -2.64. The minimum atomic E-state index is -5.26. The van der Waals surface area contributed by atoms with E-state index in [1.807, 2.05) is 0 Å². The Bertz CT molecular complexity index is 1130. The number of amides is 1. The highest BCUT2D eigenvalue weighted by molar-refractivity contribution is 7.41. The van der Waals surface area contributed by atoms with Crippen molar-refractivity contribution < 1.29 is 60.7 Å². The first-order valence-electron chi connectivity index (χ1n) is 12.1. The van der Waals surface area contributed by atoms with E-state index in [1.54, 1.807) is 19.9 Å². The van der Waals surface area contributed by atoms with Crippen LogP contribution in [0.25, 0.3) is 0 Å². The molecule has 39 heavy (non-hydrogen) atoms. The first-order chi connectivity index (χ1) is 18.5. The highest BCUT2D eigenvalue weighted by atomic mass is 31.2. The summed E-state index contributed by atoms with van der Waals surface area (Å²) in [5, 5.41) is 10.3. The minimum Gasteiger partial charge on any atom is -0.490 e. The maximum Gasteiger partial charge on any atom is 0.471 e. The lowest BCUT2D eigenvalue weighted by atomic mass is 9.67. The molecule has 1 spiro atoms. The van der Waals surface area contributed by atoms with E-state index < -0.39 is 56.9 Å². The summed E-state index contributed by atoms with van der Waals surface area (Å²) in [6.45, 7) is 3.34. The number of aliphatic hydroxyl groups is 1. The monoisotopic (exact) mass is 579 g/mol. The molecule has 1 aliphatic carbocycles. The molecule has 1 aromatic rings. The van der Waals surface area contributed by atoms with Crippen molar-refractivity contribution in [1.29, 1.82) is 0 Å². The van der Waals surface area contributed by atoms with Gasteiger partial charge in [-0.25, -0.2) is 4.79 Å². The van der Waals surface area contributed by atoms with E-state index in [-0.39, 0.29) is 48.9 Å². The summed E-state index contributed by atoms with van der Waals surface area (Å²) >= 11 is 0. The van der Waals surface area contributed by atoms with Crippen molar-refractivity contribution in [3.63, 3.8) is 0 Å². The van der Waals surface area contributed by atoms with Crippen molar-refractivity contribution >= 4 is 20.5 Å². The van der Waals surface area contributed by atoms with Gasteiger partial charge in [-0.1, -0.05) is 12.2 Å². The summed E-state index contributed by atoms with van der Waals surface area (Å²) in [6, 6.07) is -0.241. The van der Waals surface area contributed by atoms with Crippen molar-refractivity contribution in [2.24, 2.45) is 0 Å². The van der Waals surface area contributed by atoms with E-state index in [0.29, 0.717) is 10.5 Å². The van der Waals surface area contributed by atoms with Crippen molar-refractivity contribution in [2.75, 3.05) is 27.4 Å². The summed E-state index contributed by atoms with van der Waals surface area (Å²) in [6.07, 6.45) is -4.07. The molecule has 0 aromatic heterocycles. The first kappa shape index (κ1) is 29.3. The molecule has 15 heteroatoms. The number of methoxy groups -OCH3 is 2. The fourth-order valence-electron chi connectivity index (χ4n) is 5.22. The van der Waals surface area contributed by atoms with Crippen LogP contribution in [0.1, 0.15) is 37.8 Å². The first-order valence-corrected chi connectivity index (χ1v) is 13.2. The van der Waals surface area contributed by atoms with E-state index in [1.165, 1.54) is 19.3 Å². The van der Waals surface area contributed by atoms with Crippen LogP contribution in [0.4, 0.5) is 13.2 Å². The van der Waals surface area contributed by atoms with Crippen LogP contribution in [-0.4, -0.2) is 73.7 Å². The van der Waals surface area contributed by atoms with Crippen molar-refractivity contribution in [3.05, 3.63) is 29.3 Å². The molecule has 3 aliphatic rings. The summed E-state index contributed by atoms with van der Waals surface area (Å²) < 4.78 is 73.8. The molecule has 11 nitrogen and oxygen atoms in total. The van der Waals surface area contributed by atoms with Crippen molar-refractivity contribution in [1.82, 2.24) is 4.90 Å². The molecule has 0 bridgehead atoms. The lowest BCUT2D eigenvalue weighted by Crippen LogP contribution is -2.53. The van der Waals surface area contributed by atoms with Crippen LogP contribution in [0.5, 0.6) is 17.2 Å². The molecule has 1 N–H and O–H groups in total. The van der Waals surface area contributed by atoms with Gasteiger partial charge in [-0.15, -0.1) is 4.67 Å². The summed E-state index contributed by atoms with van der Waals surface area (Å²) in [7, 11) is 0.441. The van der Waals surface area contributed by atoms with Gasteiger partial charge in [0.2, 0.25) is 11.5 Å². The number of esters is 1. The number of halogens is 3. The van der Waals surface area contributed by atoms with Crippen LogP contribution in [0, 0.1) is 0 Å². The van der Waals surface area contributed by atoms with Gasteiger partial charge in [0, 0.05) is 18.5 Å². The zero-order valence-corrected chi connectivity index (χ0v) is 22.5. The summed E-state index contributed by atoms with van der Waals surface area (Å²) in [5.41, 5.74) is -0.559. The van der Waals surface area contributed by atoms with Gasteiger partial charge in [0.15, 0.2) is 5.75 Å². The number of alkyl halides is 3. The maximum atomic E-state index is 13.7. The summed E-state index contributed by atoms with van der Waals surface area (Å²) in [5.74, 6) is -3.09. The molecular weight excluding hydrogens is 550 g/mol. The predicted molar refractivity (Wildman–Crippen MR) is 128 cm³/mol. The second kappa shape index (κ2) is 11.5. The Morgan fingerprint density at radius 3 is 2.51 bits per heavy atom. The smallest absolute Gasteiger partial charge is 0.471 e. The Morgan fingerprint density at radius 1 is 1.23 bits per heavy atom. The standard InChI is InChI=1S/C24H29F3NO10P/c1-5-34-39(35-6-2)38-37-16-9-13-12-28(22(31)24(25,26)27)15(21(30)33-4)11-23-8-7-14(29)10-17(23)36-20(18(13)23)19(16)32-3/h7-9,14-15,17,29H,5-6,10-12H2,1-4H3. The van der Waals surface area contributed by atoms with E-state index >= 15 is 0 Å². The molecule has 216 valence electrons. The van der Waals surface area contributed by atoms with Crippen LogP contribution >= 0.6 is 8.60 Å². The fourth-order valence-corrected chi connectivity index (χ4v) is 5.94. The second-order valence-corrected chi connectivity index (χ2v) is 10.1. The average molecular weight is 579 g/mol. The van der Waals surface area contributed by atoms with E-state index in [2.05, 4.69) is 0 Å². The molecule has 0 fully saturated rings. The number of aliphatic hydroxyl groups excluding tert-OH is 1. The maximum absolute atomic E-state index is 13.7. The van der Waals surface area contributed by atoms with E-state index in [0.717, 1.165) is 7.11 Å². The Morgan fingerprint density at radius 2 is 1.92 bits per heavy atom. The number of hydrogen-bond acceptors (Lipinski definition) is 10. The number of benzene rings is 1. The topological polar surface area (TPSA) is 122 Å². The van der Waals surface area contributed by atoms with Gasteiger partial charge in [0.1, 0.15) is 12.1 Å². The second-order valence-electron chi connectivity index (χ2n) is 8.97. The van der Waals surface area contributed by atoms with Crippen LogP contribution in [0.15, 0.2) is 18.2 Å². The van der Waals surface area contributed by atoms with Crippen LogP contribution in [0.2, 0.25) is 0 Å². The zero-order valence-electron chi connectivity index (χ0n) is 21.6. The number of rotatable bonds is 9. The van der Waals surface area contributed by atoms with Gasteiger partial charge in [-0.05, 0) is 31.9 Å². The Kier molecular flexibility index (Phi) is 8.62. The number of carbonyl (C=O) groups is 2. The lowest BCUT2D eigenvalue weighted by Gasteiger charge is -2.38. The Labute approximate surface area is 223 Å². The third-order valence-electron chi connectivity index (χ3n) is 6.74. The van der Waals surface area contributed by atoms with Crippen molar-refractivity contribution in [2.45, 2.75) is 63.1 Å². The highest BCUT2D eigenvalue weighted by Crippen LogP contribution is 2.59. The Balaban J connectivity index is 1.88. The number of hydrogen-bond donors (Lipinski definition) is 1. The molecule has 1 aromatic carbocycles. The average Bonchev–Trinajstić information content (AvgIpc) is 3.13. The molecule has 4 unspecified atom stereocenters. The zero-order chi connectivity index (χ0) is 28.5. The third-order valence-corrected chi connectivity index (χ3v) is 7.87. The lowest BCUT2D eigenvalue weighted by molar-refractivity contribution is -0.191. The molecule has 4 atom stereocenters. The highest BCUT2D eigenvalue weighted by Gasteiger charge is 2.58. The third kappa shape index (κ3) is 5.40. The van der Waals surface area contributed by atoms with E-state index in [4.69, 9.17) is 32.8 Å². The van der Waals surface area contributed by atoms with Gasteiger partial charge in [0.05, 0.1) is 39.0 Å². The molecule has 0 saturated carbocycles. The van der Waals surface area contributed by atoms with Gasteiger partial charge in [0.25, 0.3) is 0 Å². The molecule has 1 amide bonds. The van der Waals surface area contributed by atoms with E-state index in [9.17, 15) is 27.9 Å². The molecule has 4 rings (SSSR count). The van der Waals surface area contributed by atoms with Gasteiger partial charge < -0.3 is 38.2 Å². The molecule has 0 saturated heterocycles. The van der Waals surface area contributed by atoms with Gasteiger partial charge >= 0.3 is 26.7 Å². The van der Waals surface area contributed by atoms with Crippen LogP contribution < -0.4 is 14.4 Å². The number of nitrogens with zero attached hydrogens (tertiary/aromatic N) is 1. The minimum absolute atomic E-state index is 0.0681. The molecule has 2 heterocycles. The molecule has 2 aliphatic heterocycles. The molecule has 0 radical (unpaired) electrons. The summed E-state index contributed by atoms with van der Waals surface area (Å²) in [4.78, 5) is 31.3. The molecular formula is C24H29F3NO10P. The van der Waals surface area contributed by atoms with Gasteiger partial charge in [-0.3, -0.25) is 4.79 Å². The van der Waals surface area contributed by atoms with Crippen molar-refractivity contribution in [3.8, 4) is 17.2 Å². The quantitative estimate of drug-likeness (QED) is 0.153. The van der Waals surface area contributed by atoms with Gasteiger partial charge in [-0.2, -0.15) is 13.2 Å². The van der Waals surface area contributed by atoms with Crippen LogP contribution in [-0.2, 0) is 40.0 Å². The normalized spacial score (nSPS) is 25.5. The predicted octanol–water partition coefficient (Wildman–Crippen LogP) is 3.46. The SMILES string of the molecule is CCOP(OCC)OOc1cc2c3c(c1OC)OC1CC(O)C=CC31CC(C(=O)OC)N(C(=O)C(F)(F)F)C2.